The smallest absolute Gasteiger partial charge is 0.0312 e. The number of fused-ring (bicyclic) bond motifs is 13. The molecule has 0 heterocycles. The highest BCUT2D eigenvalue weighted by Gasteiger charge is 2.88. The van der Waals surface area contributed by atoms with Crippen molar-refractivity contribution >= 4 is 0 Å². The summed E-state index contributed by atoms with van der Waals surface area (Å²) in [5.74, 6) is 13.9. The molecule has 0 amide bonds. The minimum atomic E-state index is 1.16. The van der Waals surface area contributed by atoms with Crippen LogP contribution in [0.1, 0.15) is 13.3 Å². The average molecular weight is 172 g/mol. The topological polar surface area (TPSA) is 0 Å². The molecule has 0 heteroatoms. The lowest BCUT2D eigenvalue weighted by atomic mass is 9.11. The van der Waals surface area contributed by atoms with Crippen molar-refractivity contribution in [3.05, 3.63) is 0 Å². The molecule has 13 heavy (non-hydrogen) atoms. The van der Waals surface area contributed by atoms with Gasteiger partial charge in [-0.25, -0.2) is 0 Å². The lowest BCUT2D eigenvalue weighted by molar-refractivity contribution is -0.467. The first kappa shape index (κ1) is 5.78. The van der Waals surface area contributed by atoms with Gasteiger partial charge in [-0.2, -0.15) is 0 Å². The van der Waals surface area contributed by atoms with Crippen LogP contribution in [-0.4, -0.2) is 0 Å². The molecule has 68 valence electrons. The Kier molecular flexibility index (Phi) is 0.558. The summed E-state index contributed by atoms with van der Waals surface area (Å²) in [5.41, 5.74) is 0. The van der Waals surface area contributed by atoms with E-state index in [1.54, 1.807) is 6.42 Å². The van der Waals surface area contributed by atoms with Crippen LogP contribution in [0.5, 0.6) is 0 Å². The molecule has 5 aliphatic rings. The van der Waals surface area contributed by atoms with Crippen LogP contribution in [0.25, 0.3) is 0 Å². The maximum absolute atomic E-state index is 2.60. The van der Waals surface area contributed by atoms with E-state index in [1.807, 2.05) is 0 Å². The SMILES string of the molecule is CC1C2C3CC4C1C1C4C4C3C2C14. The van der Waals surface area contributed by atoms with Crippen LogP contribution in [0.3, 0.4) is 0 Å². The zero-order valence-corrected chi connectivity index (χ0v) is 8.06. The van der Waals surface area contributed by atoms with Gasteiger partial charge >= 0.3 is 0 Å². The van der Waals surface area contributed by atoms with E-state index in [2.05, 4.69) is 6.92 Å². The summed E-state index contributed by atoms with van der Waals surface area (Å²) in [4.78, 5) is 0. The van der Waals surface area contributed by atoms with E-state index < -0.39 is 0 Å². The molecule has 8 unspecified atom stereocenters. The molecule has 0 aromatic rings. The van der Waals surface area contributed by atoms with Gasteiger partial charge in [0.05, 0.1) is 0 Å². The monoisotopic (exact) mass is 172 g/mol. The van der Waals surface area contributed by atoms with Gasteiger partial charge in [0, 0.05) is 0 Å². The molecule has 0 radical (unpaired) electrons. The molecule has 0 aromatic carbocycles. The Hall–Kier alpha value is 0. The minimum absolute atomic E-state index is 1.16. The summed E-state index contributed by atoms with van der Waals surface area (Å²) in [6, 6.07) is 0. The molecule has 5 fully saturated rings. The van der Waals surface area contributed by atoms with Crippen molar-refractivity contribution in [2.45, 2.75) is 13.3 Å². The fourth-order valence-corrected chi connectivity index (χ4v) is 7.92. The Labute approximate surface area is 79.1 Å². The van der Waals surface area contributed by atoms with Crippen LogP contribution >= 0.6 is 0 Å². The van der Waals surface area contributed by atoms with Gasteiger partial charge in [0.15, 0.2) is 0 Å². The van der Waals surface area contributed by atoms with Crippen LogP contribution in [0.2, 0.25) is 0 Å². The zero-order valence-electron chi connectivity index (χ0n) is 8.06. The van der Waals surface area contributed by atoms with E-state index >= 15 is 0 Å². The van der Waals surface area contributed by atoms with Crippen LogP contribution in [0, 0.1) is 65.1 Å². The van der Waals surface area contributed by atoms with Crippen molar-refractivity contribution in [3.8, 4) is 0 Å². The van der Waals surface area contributed by atoms with Gasteiger partial charge in [0.25, 0.3) is 0 Å². The van der Waals surface area contributed by atoms with E-state index in [4.69, 9.17) is 0 Å². The van der Waals surface area contributed by atoms with E-state index in [0.29, 0.717) is 0 Å². The number of hydrogen-bond donors (Lipinski definition) is 0. The van der Waals surface area contributed by atoms with Crippen molar-refractivity contribution in [1.29, 1.82) is 0 Å². The summed E-state index contributed by atoms with van der Waals surface area (Å²) < 4.78 is 0. The van der Waals surface area contributed by atoms with Gasteiger partial charge in [-0.3, -0.25) is 0 Å². The maximum Gasteiger partial charge on any atom is -0.0312 e. The first-order valence-electron chi connectivity index (χ1n) is 6.39. The quantitative estimate of drug-likeness (QED) is 0.492. The molecule has 8 atom stereocenters. The molecule has 0 spiro atoms. The van der Waals surface area contributed by atoms with E-state index in [1.165, 1.54) is 59.2 Å². The molecule has 0 saturated heterocycles. The van der Waals surface area contributed by atoms with Crippen molar-refractivity contribution in [1.82, 2.24) is 0 Å². The molecular weight excluding hydrogens is 156 g/mol. The molecule has 0 aliphatic heterocycles. The third kappa shape index (κ3) is 0.293. The van der Waals surface area contributed by atoms with Crippen molar-refractivity contribution < 1.29 is 0 Å². The molecule has 0 nitrogen and oxygen atoms in total. The third-order valence-corrected chi connectivity index (χ3v) is 7.74. The summed E-state index contributed by atoms with van der Waals surface area (Å²) in [5, 5.41) is 0. The number of hydrogen-bond acceptors (Lipinski definition) is 0. The second-order valence-electron chi connectivity index (χ2n) is 7.04. The maximum atomic E-state index is 2.60. The van der Waals surface area contributed by atoms with Crippen molar-refractivity contribution in [3.63, 3.8) is 0 Å². The van der Waals surface area contributed by atoms with Crippen LogP contribution in [-0.2, 0) is 0 Å². The first-order valence-corrected chi connectivity index (χ1v) is 6.39. The Morgan fingerprint density at radius 1 is 0.615 bits per heavy atom. The standard InChI is InChI=1S/C13H16/c1-3-6-4-2-5-7(3)11-9(5)12-8(4)10(6)13(11)12/h3-13H,2H2,1H3. The van der Waals surface area contributed by atoms with Crippen LogP contribution in [0.15, 0.2) is 0 Å². The fraction of sp³-hybridized carbons (Fsp3) is 1.00. The highest BCUT2D eigenvalue weighted by atomic mass is 14.9. The van der Waals surface area contributed by atoms with Crippen molar-refractivity contribution in [2.24, 2.45) is 65.1 Å². The Morgan fingerprint density at radius 2 is 1.08 bits per heavy atom. The highest BCUT2D eigenvalue weighted by molar-refractivity contribution is 5.35. The van der Waals surface area contributed by atoms with Gasteiger partial charge in [-0.05, 0) is 71.5 Å². The zero-order chi connectivity index (χ0) is 8.06. The van der Waals surface area contributed by atoms with E-state index in [9.17, 15) is 0 Å². The van der Waals surface area contributed by atoms with Gasteiger partial charge in [-0.15, -0.1) is 0 Å². The normalized spacial score (nSPS) is 93.5. The first-order chi connectivity index (χ1) is 6.39. The molecule has 5 rings (SSSR count). The Bertz CT molecular complexity index is 282. The van der Waals surface area contributed by atoms with Crippen LogP contribution in [0.4, 0.5) is 0 Å². The molecule has 0 N–H and O–H groups in total. The second-order valence-corrected chi connectivity index (χ2v) is 7.04. The predicted molar refractivity (Wildman–Crippen MR) is 48.7 cm³/mol. The summed E-state index contributed by atoms with van der Waals surface area (Å²) >= 11 is 0. The summed E-state index contributed by atoms with van der Waals surface area (Å²) in [7, 11) is 0. The van der Waals surface area contributed by atoms with E-state index in [-0.39, 0.29) is 0 Å². The minimum Gasteiger partial charge on any atom is -0.0619 e. The van der Waals surface area contributed by atoms with Crippen LogP contribution < -0.4 is 0 Å². The fourth-order valence-electron chi connectivity index (χ4n) is 7.92. The average Bonchev–Trinajstić information content (AvgIpc) is 1.90. The third-order valence-electron chi connectivity index (χ3n) is 7.74. The van der Waals surface area contributed by atoms with Gasteiger partial charge in [-0.1, -0.05) is 6.92 Å². The lowest BCUT2D eigenvalue weighted by Gasteiger charge is -2.94. The van der Waals surface area contributed by atoms with Crippen molar-refractivity contribution in [2.75, 3.05) is 0 Å². The molecule has 0 bridgehead atoms. The largest absolute Gasteiger partial charge is 0.0619 e. The van der Waals surface area contributed by atoms with Gasteiger partial charge in [0.1, 0.15) is 0 Å². The molecule has 0 aromatic heterocycles. The number of rotatable bonds is 0. The van der Waals surface area contributed by atoms with Gasteiger partial charge in [0.2, 0.25) is 0 Å². The molecular formula is C13H16. The highest BCUT2D eigenvalue weighted by Crippen LogP contribution is 2.92. The Balaban J connectivity index is 1.68. The molecule has 5 saturated carbocycles. The Morgan fingerprint density at radius 3 is 1.69 bits per heavy atom. The lowest BCUT2D eigenvalue weighted by Crippen LogP contribution is -2.90. The summed E-state index contributed by atoms with van der Waals surface area (Å²) in [6.45, 7) is 2.60. The van der Waals surface area contributed by atoms with E-state index in [0.717, 1.165) is 5.92 Å². The van der Waals surface area contributed by atoms with Gasteiger partial charge < -0.3 is 0 Å². The summed E-state index contributed by atoms with van der Waals surface area (Å²) in [6.07, 6.45) is 1.69. The molecule has 5 aliphatic carbocycles. The second kappa shape index (κ2) is 1.26. The predicted octanol–water partition coefficient (Wildman–Crippen LogP) is 2.26.